The SMILES string of the molecule is Cc1cccc2nc(CNC(=O)[C@@H]3CCC[C@@H](C(F)(F)F)C3)cn12. The van der Waals surface area contributed by atoms with E-state index in [-0.39, 0.29) is 25.3 Å². The van der Waals surface area contributed by atoms with E-state index in [0.29, 0.717) is 18.5 Å². The number of fused-ring (bicyclic) bond motifs is 1. The first-order valence-corrected chi connectivity index (χ1v) is 8.12. The Kier molecular flexibility index (Phi) is 4.51. The molecule has 2 atom stereocenters. The largest absolute Gasteiger partial charge is 0.391 e. The van der Waals surface area contributed by atoms with Crippen molar-refractivity contribution in [3.63, 3.8) is 0 Å². The number of carbonyl (C=O) groups excluding carboxylic acids is 1. The third-order valence-corrected chi connectivity index (χ3v) is 4.70. The molecule has 0 aromatic carbocycles. The zero-order chi connectivity index (χ0) is 17.3. The number of hydrogen-bond donors (Lipinski definition) is 1. The van der Waals surface area contributed by atoms with Crippen molar-refractivity contribution in [1.82, 2.24) is 14.7 Å². The van der Waals surface area contributed by atoms with E-state index in [1.54, 1.807) is 0 Å². The van der Waals surface area contributed by atoms with Crippen LogP contribution in [0.2, 0.25) is 0 Å². The van der Waals surface area contributed by atoms with Crippen LogP contribution in [0.25, 0.3) is 5.65 Å². The number of rotatable bonds is 3. The van der Waals surface area contributed by atoms with E-state index in [1.807, 2.05) is 35.7 Å². The summed E-state index contributed by atoms with van der Waals surface area (Å²) in [6, 6.07) is 5.73. The first-order valence-electron chi connectivity index (χ1n) is 8.12. The van der Waals surface area contributed by atoms with Gasteiger partial charge in [0.1, 0.15) is 5.65 Å². The molecule has 7 heteroatoms. The van der Waals surface area contributed by atoms with Crippen LogP contribution in [-0.2, 0) is 11.3 Å². The highest BCUT2D eigenvalue weighted by molar-refractivity contribution is 5.78. The molecule has 2 aromatic heterocycles. The Labute approximate surface area is 138 Å². The molecule has 1 aliphatic rings. The lowest BCUT2D eigenvalue weighted by atomic mass is 9.80. The monoisotopic (exact) mass is 339 g/mol. The molecule has 0 unspecified atom stereocenters. The number of alkyl halides is 3. The van der Waals surface area contributed by atoms with Crippen LogP contribution >= 0.6 is 0 Å². The van der Waals surface area contributed by atoms with Gasteiger partial charge in [0, 0.05) is 17.8 Å². The fourth-order valence-electron chi connectivity index (χ4n) is 3.33. The molecule has 0 spiro atoms. The van der Waals surface area contributed by atoms with Crippen molar-refractivity contribution in [2.24, 2.45) is 11.8 Å². The van der Waals surface area contributed by atoms with Crippen LogP contribution in [0.5, 0.6) is 0 Å². The maximum atomic E-state index is 12.8. The Morgan fingerprint density at radius 1 is 1.38 bits per heavy atom. The lowest BCUT2D eigenvalue weighted by Crippen LogP contribution is -2.37. The Balaban J connectivity index is 1.61. The third kappa shape index (κ3) is 3.55. The highest BCUT2D eigenvalue weighted by atomic mass is 19.4. The fraction of sp³-hybridized carbons (Fsp3) is 0.529. The molecule has 2 heterocycles. The van der Waals surface area contributed by atoms with Crippen molar-refractivity contribution < 1.29 is 18.0 Å². The molecule has 24 heavy (non-hydrogen) atoms. The average Bonchev–Trinajstić information content (AvgIpc) is 2.96. The molecule has 1 saturated carbocycles. The number of hydrogen-bond acceptors (Lipinski definition) is 2. The number of imidazole rings is 1. The highest BCUT2D eigenvalue weighted by Gasteiger charge is 2.43. The Morgan fingerprint density at radius 2 is 2.17 bits per heavy atom. The number of aryl methyl sites for hydroxylation is 1. The Hall–Kier alpha value is -2.05. The lowest BCUT2D eigenvalue weighted by Gasteiger charge is -2.29. The third-order valence-electron chi connectivity index (χ3n) is 4.70. The van der Waals surface area contributed by atoms with E-state index in [9.17, 15) is 18.0 Å². The first kappa shape index (κ1) is 16.8. The van der Waals surface area contributed by atoms with Crippen molar-refractivity contribution in [2.75, 3.05) is 0 Å². The molecule has 130 valence electrons. The van der Waals surface area contributed by atoms with Crippen molar-refractivity contribution in [3.05, 3.63) is 35.8 Å². The minimum Gasteiger partial charge on any atom is -0.350 e. The number of carbonyl (C=O) groups is 1. The summed E-state index contributed by atoms with van der Waals surface area (Å²) in [6.07, 6.45) is -1.40. The van der Waals surface area contributed by atoms with Crippen LogP contribution in [0.1, 0.15) is 37.1 Å². The number of nitrogens with zero attached hydrogens (tertiary/aromatic N) is 2. The molecule has 1 aliphatic carbocycles. The molecule has 0 aliphatic heterocycles. The lowest BCUT2D eigenvalue weighted by molar-refractivity contribution is -0.186. The number of pyridine rings is 1. The van der Waals surface area contributed by atoms with Crippen molar-refractivity contribution in [1.29, 1.82) is 0 Å². The second-order valence-electron chi connectivity index (χ2n) is 6.45. The van der Waals surface area contributed by atoms with Gasteiger partial charge in [0.05, 0.1) is 18.2 Å². The first-order chi connectivity index (χ1) is 11.3. The van der Waals surface area contributed by atoms with E-state index >= 15 is 0 Å². The van der Waals surface area contributed by atoms with Gasteiger partial charge in [0.15, 0.2) is 0 Å². The number of amides is 1. The van der Waals surface area contributed by atoms with Crippen LogP contribution in [0, 0.1) is 18.8 Å². The molecule has 0 bridgehead atoms. The average molecular weight is 339 g/mol. The summed E-state index contributed by atoms with van der Waals surface area (Å²) >= 11 is 0. The van der Waals surface area contributed by atoms with E-state index in [4.69, 9.17) is 0 Å². The molecular formula is C17H20F3N3O. The van der Waals surface area contributed by atoms with Crippen LogP contribution in [0.4, 0.5) is 13.2 Å². The molecule has 2 aromatic rings. The van der Waals surface area contributed by atoms with E-state index < -0.39 is 18.0 Å². The number of nitrogens with one attached hydrogen (secondary N) is 1. The van der Waals surface area contributed by atoms with Crippen molar-refractivity contribution in [2.45, 2.75) is 45.3 Å². The van der Waals surface area contributed by atoms with Crippen LogP contribution < -0.4 is 5.32 Å². The summed E-state index contributed by atoms with van der Waals surface area (Å²) in [7, 11) is 0. The summed E-state index contributed by atoms with van der Waals surface area (Å²) < 4.78 is 40.4. The van der Waals surface area contributed by atoms with E-state index in [1.165, 1.54) is 0 Å². The zero-order valence-corrected chi connectivity index (χ0v) is 13.4. The maximum Gasteiger partial charge on any atom is 0.391 e. The second-order valence-corrected chi connectivity index (χ2v) is 6.45. The van der Waals surface area contributed by atoms with E-state index in [2.05, 4.69) is 10.3 Å². The quantitative estimate of drug-likeness (QED) is 0.928. The predicted octanol–water partition coefficient (Wildman–Crippen LogP) is 3.63. The summed E-state index contributed by atoms with van der Waals surface area (Å²) in [5, 5.41) is 2.74. The predicted molar refractivity (Wildman–Crippen MR) is 83.3 cm³/mol. The van der Waals surface area contributed by atoms with Gasteiger partial charge in [-0.05, 0) is 38.3 Å². The summed E-state index contributed by atoms with van der Waals surface area (Å²) in [4.78, 5) is 16.6. The Morgan fingerprint density at radius 3 is 2.88 bits per heavy atom. The second kappa shape index (κ2) is 6.45. The fourth-order valence-corrected chi connectivity index (χ4v) is 3.33. The summed E-state index contributed by atoms with van der Waals surface area (Å²) in [5.74, 6) is -2.23. The van der Waals surface area contributed by atoms with Gasteiger partial charge in [0.2, 0.25) is 5.91 Å². The van der Waals surface area contributed by atoms with Crippen LogP contribution in [-0.4, -0.2) is 21.5 Å². The van der Waals surface area contributed by atoms with Crippen LogP contribution in [0.15, 0.2) is 24.4 Å². The molecule has 1 N–H and O–H groups in total. The highest BCUT2D eigenvalue weighted by Crippen LogP contribution is 2.39. The maximum absolute atomic E-state index is 12.8. The van der Waals surface area contributed by atoms with Gasteiger partial charge in [-0.3, -0.25) is 4.79 Å². The van der Waals surface area contributed by atoms with Crippen molar-refractivity contribution >= 4 is 11.6 Å². The molecule has 0 saturated heterocycles. The standard InChI is InChI=1S/C17H20F3N3O/c1-11-4-2-7-15-22-14(10-23(11)15)9-21-16(24)12-5-3-6-13(8-12)17(18,19)20/h2,4,7,10,12-13H,3,5-6,8-9H2,1H3,(H,21,24)/t12-,13-/m1/s1. The van der Waals surface area contributed by atoms with Crippen LogP contribution in [0.3, 0.4) is 0 Å². The molecular weight excluding hydrogens is 319 g/mol. The summed E-state index contributed by atoms with van der Waals surface area (Å²) in [5.41, 5.74) is 2.51. The molecule has 3 rings (SSSR count). The summed E-state index contributed by atoms with van der Waals surface area (Å²) in [6.45, 7) is 2.18. The zero-order valence-electron chi connectivity index (χ0n) is 13.4. The minimum absolute atomic E-state index is 0.112. The Bertz CT molecular complexity index is 738. The minimum atomic E-state index is -4.21. The molecule has 4 nitrogen and oxygen atoms in total. The van der Waals surface area contributed by atoms with Gasteiger partial charge in [-0.15, -0.1) is 0 Å². The molecule has 0 radical (unpaired) electrons. The molecule has 1 fully saturated rings. The van der Waals surface area contributed by atoms with Gasteiger partial charge in [-0.1, -0.05) is 12.5 Å². The molecule has 1 amide bonds. The van der Waals surface area contributed by atoms with E-state index in [0.717, 1.165) is 11.3 Å². The number of aromatic nitrogens is 2. The normalized spacial score (nSPS) is 21.8. The van der Waals surface area contributed by atoms with Gasteiger partial charge in [0.25, 0.3) is 0 Å². The van der Waals surface area contributed by atoms with Gasteiger partial charge < -0.3 is 9.72 Å². The topological polar surface area (TPSA) is 46.4 Å². The van der Waals surface area contributed by atoms with Crippen molar-refractivity contribution in [3.8, 4) is 0 Å². The smallest absolute Gasteiger partial charge is 0.350 e. The van der Waals surface area contributed by atoms with Gasteiger partial charge >= 0.3 is 6.18 Å². The van der Waals surface area contributed by atoms with Gasteiger partial charge in [-0.25, -0.2) is 4.98 Å². The van der Waals surface area contributed by atoms with Gasteiger partial charge in [-0.2, -0.15) is 13.2 Å². The number of halogens is 3.